The van der Waals surface area contributed by atoms with E-state index in [0.717, 1.165) is 18.7 Å². The van der Waals surface area contributed by atoms with Crippen LogP contribution in [0.2, 0.25) is 0 Å². The number of aryl methyl sites for hydroxylation is 1. The van der Waals surface area contributed by atoms with Gasteiger partial charge in [0.2, 0.25) is 0 Å². The zero-order valence-electron chi connectivity index (χ0n) is 22.8. The van der Waals surface area contributed by atoms with Gasteiger partial charge < -0.3 is 24.4 Å². The van der Waals surface area contributed by atoms with E-state index in [9.17, 15) is 13.6 Å². The van der Waals surface area contributed by atoms with Crippen molar-refractivity contribution in [2.24, 2.45) is 7.05 Å². The second-order valence-electron chi connectivity index (χ2n) is 9.80. The van der Waals surface area contributed by atoms with Crippen LogP contribution in [0.15, 0.2) is 73.3 Å². The molecule has 1 amide bonds. The van der Waals surface area contributed by atoms with Crippen LogP contribution in [0.3, 0.4) is 0 Å². The topological polar surface area (TPSA) is 108 Å². The van der Waals surface area contributed by atoms with E-state index in [4.69, 9.17) is 14.2 Å². The minimum Gasteiger partial charge on any atom is -0.457 e. The van der Waals surface area contributed by atoms with Crippen molar-refractivity contribution in [1.82, 2.24) is 29.3 Å². The highest BCUT2D eigenvalue weighted by atomic mass is 19.3. The smallest absolute Gasteiger partial charge is 0.387 e. The molecule has 1 atom stereocenters. The molecule has 0 bridgehead atoms. The first-order chi connectivity index (χ1) is 20.3. The second-order valence-corrected chi connectivity index (χ2v) is 9.80. The highest BCUT2D eigenvalue weighted by molar-refractivity contribution is 6.09. The lowest BCUT2D eigenvalue weighted by atomic mass is 10.1. The Labute approximate surface area is 239 Å². The predicted molar refractivity (Wildman–Crippen MR) is 149 cm³/mol. The van der Waals surface area contributed by atoms with Gasteiger partial charge in [0.1, 0.15) is 28.5 Å². The summed E-state index contributed by atoms with van der Waals surface area (Å²) in [5.74, 6) is 0.291. The number of carbonyl (C=O) groups is 1. The molecule has 2 aromatic carbocycles. The van der Waals surface area contributed by atoms with Crippen molar-refractivity contribution in [3.63, 3.8) is 0 Å². The number of carbonyl (C=O) groups excluding carboxylic acids is 1. The van der Waals surface area contributed by atoms with Crippen LogP contribution in [-0.4, -0.2) is 68.5 Å². The van der Waals surface area contributed by atoms with Crippen LogP contribution in [-0.2, 0) is 11.8 Å². The number of anilines is 1. The van der Waals surface area contributed by atoms with Gasteiger partial charge >= 0.3 is 6.61 Å². The summed E-state index contributed by atoms with van der Waals surface area (Å²) in [7, 11) is 3.70. The number of fused-ring (bicyclic) bond motifs is 1. The number of likely N-dealkylation sites (N-methyl/N-ethyl adjacent to an activating group) is 1. The minimum atomic E-state index is -3.08. The molecular weight excluding hydrogens is 548 g/mol. The summed E-state index contributed by atoms with van der Waals surface area (Å²) in [4.78, 5) is 19.6. The monoisotopic (exact) mass is 575 g/mol. The third-order valence-electron chi connectivity index (χ3n) is 6.76. The Balaban J connectivity index is 1.31. The van der Waals surface area contributed by atoms with Crippen molar-refractivity contribution in [3.05, 3.63) is 84.4 Å². The van der Waals surface area contributed by atoms with Crippen molar-refractivity contribution in [1.29, 1.82) is 0 Å². The Kier molecular flexibility index (Phi) is 7.50. The number of hydrogen-bond acceptors (Lipinski definition) is 8. The van der Waals surface area contributed by atoms with Gasteiger partial charge in [-0.3, -0.25) is 9.48 Å². The zero-order valence-corrected chi connectivity index (χ0v) is 22.8. The first-order valence-corrected chi connectivity index (χ1v) is 13.1. The van der Waals surface area contributed by atoms with Gasteiger partial charge in [-0.15, -0.1) is 0 Å². The van der Waals surface area contributed by atoms with Gasteiger partial charge in [-0.2, -0.15) is 19.0 Å². The lowest BCUT2D eigenvalue weighted by molar-refractivity contribution is -0.0494. The number of benzene rings is 2. The molecule has 0 spiro atoms. The summed E-state index contributed by atoms with van der Waals surface area (Å²) >= 11 is 0. The van der Waals surface area contributed by atoms with Crippen LogP contribution in [0.4, 0.5) is 14.5 Å². The highest BCUT2D eigenvalue weighted by Gasteiger charge is 2.23. The molecular formula is C29H27F2N7O4. The quantitative estimate of drug-likeness (QED) is 0.282. The molecule has 0 aliphatic carbocycles. The van der Waals surface area contributed by atoms with E-state index in [2.05, 4.69) is 25.4 Å². The molecule has 1 aliphatic rings. The van der Waals surface area contributed by atoms with E-state index >= 15 is 0 Å². The molecule has 0 saturated carbocycles. The number of nitrogens with zero attached hydrogens (tertiary/aromatic N) is 6. The van der Waals surface area contributed by atoms with Crippen molar-refractivity contribution in [2.75, 3.05) is 32.1 Å². The number of ether oxygens (including phenoxy) is 3. The summed E-state index contributed by atoms with van der Waals surface area (Å²) in [6, 6.07) is 13.7. The Morgan fingerprint density at radius 1 is 1.14 bits per heavy atom. The molecule has 11 nitrogen and oxygen atoms in total. The van der Waals surface area contributed by atoms with E-state index in [0.29, 0.717) is 23.8 Å². The van der Waals surface area contributed by atoms with Gasteiger partial charge in [0.15, 0.2) is 5.65 Å². The summed E-state index contributed by atoms with van der Waals surface area (Å²) in [5, 5.41) is 11.4. The fraction of sp³-hybridized carbons (Fsp3) is 0.241. The summed E-state index contributed by atoms with van der Waals surface area (Å²) in [6.45, 7) is -0.813. The van der Waals surface area contributed by atoms with Crippen LogP contribution in [0.25, 0.3) is 16.9 Å². The maximum absolute atomic E-state index is 13.4. The largest absolute Gasteiger partial charge is 0.457 e. The lowest BCUT2D eigenvalue weighted by Gasteiger charge is -2.30. The number of hydrogen-bond donors (Lipinski definition) is 1. The zero-order chi connectivity index (χ0) is 29.2. The average Bonchev–Trinajstić information content (AvgIpc) is 3.57. The molecule has 1 unspecified atom stereocenters. The number of aromatic nitrogens is 5. The number of nitrogens with one attached hydrogen (secondary N) is 1. The molecule has 13 heteroatoms. The number of halogens is 2. The number of alkyl halides is 2. The second kappa shape index (κ2) is 11.5. The maximum atomic E-state index is 13.4. The van der Waals surface area contributed by atoms with Crippen molar-refractivity contribution < 1.29 is 27.8 Å². The molecule has 4 heterocycles. The first-order valence-electron chi connectivity index (χ1n) is 13.1. The molecule has 3 aromatic heterocycles. The van der Waals surface area contributed by atoms with E-state index in [1.807, 2.05) is 25.2 Å². The van der Waals surface area contributed by atoms with Crippen LogP contribution in [0.5, 0.6) is 17.2 Å². The maximum Gasteiger partial charge on any atom is 0.387 e. The minimum absolute atomic E-state index is 0.0901. The molecule has 1 fully saturated rings. The standard InChI is InChI=1S/C29H27F2N7O4/c1-36-11-12-40-25(17-36)18-5-3-6-19(13-18)41-20-7-8-24(42-29(30)31)21(14-20)26-23(16-37(2)35-26)34-28(39)22-15-33-38-10-4-9-32-27(22)38/h3-10,13-16,25,29H,11-12,17H2,1-2H3,(H,34,39). The van der Waals surface area contributed by atoms with Gasteiger partial charge in [0, 0.05) is 38.7 Å². The Hall–Kier alpha value is -4.88. The number of amides is 1. The highest BCUT2D eigenvalue weighted by Crippen LogP contribution is 2.39. The summed E-state index contributed by atoms with van der Waals surface area (Å²) < 4.78 is 46.6. The van der Waals surface area contributed by atoms with Gasteiger partial charge in [-0.1, -0.05) is 12.1 Å². The molecule has 1 aliphatic heterocycles. The van der Waals surface area contributed by atoms with Crippen LogP contribution in [0.1, 0.15) is 22.0 Å². The van der Waals surface area contributed by atoms with Gasteiger partial charge in [-0.25, -0.2) is 9.50 Å². The first kappa shape index (κ1) is 27.3. The average molecular weight is 576 g/mol. The Morgan fingerprint density at radius 3 is 2.83 bits per heavy atom. The summed E-state index contributed by atoms with van der Waals surface area (Å²) in [6.07, 6.45) is 6.10. The molecule has 5 aromatic rings. The van der Waals surface area contributed by atoms with Gasteiger partial charge in [0.25, 0.3) is 5.91 Å². The van der Waals surface area contributed by atoms with Crippen LogP contribution < -0.4 is 14.8 Å². The molecule has 6 rings (SSSR count). The fourth-order valence-electron chi connectivity index (χ4n) is 4.81. The van der Waals surface area contributed by atoms with Crippen LogP contribution in [0, 0.1) is 0 Å². The van der Waals surface area contributed by atoms with Gasteiger partial charge in [-0.05, 0) is 49.0 Å². The van der Waals surface area contributed by atoms with Crippen molar-refractivity contribution >= 4 is 17.2 Å². The molecule has 216 valence electrons. The van der Waals surface area contributed by atoms with Crippen LogP contribution >= 0.6 is 0 Å². The Bertz CT molecular complexity index is 1740. The van der Waals surface area contributed by atoms with Gasteiger partial charge in [0.05, 0.1) is 30.2 Å². The van der Waals surface area contributed by atoms with E-state index in [1.165, 1.54) is 27.5 Å². The molecule has 0 radical (unpaired) electrons. The summed E-state index contributed by atoms with van der Waals surface area (Å²) in [5.41, 5.74) is 2.26. The van der Waals surface area contributed by atoms with E-state index < -0.39 is 12.5 Å². The third-order valence-corrected chi connectivity index (χ3v) is 6.76. The van der Waals surface area contributed by atoms with Crippen molar-refractivity contribution in [3.8, 4) is 28.5 Å². The van der Waals surface area contributed by atoms with Crippen molar-refractivity contribution in [2.45, 2.75) is 12.7 Å². The molecule has 1 saturated heterocycles. The SMILES string of the molecule is CN1CCOC(c2cccc(Oc3ccc(OC(F)F)c(-c4nn(C)cc4NC(=O)c4cnn5cccnc45)c3)c2)C1. The lowest BCUT2D eigenvalue weighted by Crippen LogP contribution is -2.35. The number of rotatable bonds is 8. The van der Waals surface area contributed by atoms with E-state index in [1.54, 1.807) is 43.8 Å². The fourth-order valence-corrected chi connectivity index (χ4v) is 4.81. The van der Waals surface area contributed by atoms with E-state index in [-0.39, 0.29) is 34.4 Å². The normalized spacial score (nSPS) is 15.7. The number of morpholine rings is 1. The molecule has 42 heavy (non-hydrogen) atoms. The third kappa shape index (κ3) is 5.78. The molecule has 1 N–H and O–H groups in total. The Morgan fingerprint density at radius 2 is 2.00 bits per heavy atom. The predicted octanol–water partition coefficient (Wildman–Crippen LogP) is 4.78.